The van der Waals surface area contributed by atoms with Crippen molar-refractivity contribution < 1.29 is 17.9 Å². The number of hydrogen-bond acceptors (Lipinski definition) is 5. The van der Waals surface area contributed by atoms with Crippen molar-refractivity contribution in [3.8, 4) is 0 Å². The topological polar surface area (TPSA) is 74.0 Å². The molecule has 1 rings (SSSR count). The molecule has 0 aromatic carbocycles. The number of furan rings is 1. The molecule has 1 aromatic heterocycles. The van der Waals surface area contributed by atoms with Gasteiger partial charge in [0.15, 0.2) is 0 Å². The molecular formula is C12H22N2O4S. The minimum Gasteiger partial charge on any atom is -0.465 e. The van der Waals surface area contributed by atoms with Crippen LogP contribution in [0.15, 0.2) is 9.31 Å². The van der Waals surface area contributed by atoms with Crippen LogP contribution >= 0.6 is 0 Å². The molecule has 0 atom stereocenters. The molecule has 0 radical (unpaired) electrons. The van der Waals surface area contributed by atoms with Crippen molar-refractivity contribution in [3.05, 3.63) is 17.1 Å². The zero-order valence-electron chi connectivity index (χ0n) is 12.1. The maximum Gasteiger partial charge on any atom is 0.246 e. The molecule has 0 saturated heterocycles. The van der Waals surface area contributed by atoms with Gasteiger partial charge in [-0.3, -0.25) is 0 Å². The lowest BCUT2D eigenvalue weighted by molar-refractivity contribution is 0.276. The number of sulfonamides is 1. The molecule has 19 heavy (non-hydrogen) atoms. The highest BCUT2D eigenvalue weighted by atomic mass is 32.2. The predicted octanol–water partition coefficient (Wildman–Crippen LogP) is 0.571. The molecule has 0 aliphatic rings. The average Bonchev–Trinajstić information content (AvgIpc) is 2.60. The summed E-state index contributed by atoms with van der Waals surface area (Å²) in [7, 11) is 1.66. The SMILES string of the molecule is Cc1oc(C)c(S(=O)(=O)N(C)CCN(C)C)c1CO. The van der Waals surface area contributed by atoms with Crippen molar-refractivity contribution in [2.45, 2.75) is 25.3 Å². The number of likely N-dealkylation sites (N-methyl/N-ethyl adjacent to an activating group) is 2. The molecule has 1 aromatic rings. The van der Waals surface area contributed by atoms with Crippen molar-refractivity contribution in [2.24, 2.45) is 0 Å². The summed E-state index contributed by atoms with van der Waals surface area (Å²) in [5.41, 5.74) is 0.342. The summed E-state index contributed by atoms with van der Waals surface area (Å²) in [5, 5.41) is 9.32. The third-order valence-corrected chi connectivity index (χ3v) is 5.07. The normalized spacial score (nSPS) is 12.6. The fraction of sp³-hybridized carbons (Fsp3) is 0.667. The van der Waals surface area contributed by atoms with Gasteiger partial charge in [0.05, 0.1) is 6.61 Å². The molecule has 0 aliphatic carbocycles. The van der Waals surface area contributed by atoms with Gasteiger partial charge in [-0.15, -0.1) is 0 Å². The third-order valence-electron chi connectivity index (χ3n) is 3.01. The molecule has 0 aliphatic heterocycles. The van der Waals surface area contributed by atoms with E-state index in [2.05, 4.69) is 0 Å². The lowest BCUT2D eigenvalue weighted by atomic mass is 10.2. The fourth-order valence-electron chi connectivity index (χ4n) is 1.85. The van der Waals surface area contributed by atoms with E-state index in [-0.39, 0.29) is 11.5 Å². The van der Waals surface area contributed by atoms with Gasteiger partial charge < -0.3 is 14.4 Å². The van der Waals surface area contributed by atoms with Crippen molar-refractivity contribution in [3.63, 3.8) is 0 Å². The maximum atomic E-state index is 12.5. The Hall–Kier alpha value is -0.890. The van der Waals surface area contributed by atoms with Crippen LogP contribution < -0.4 is 0 Å². The molecule has 0 unspecified atom stereocenters. The average molecular weight is 290 g/mol. The van der Waals surface area contributed by atoms with Gasteiger partial charge in [0, 0.05) is 25.7 Å². The Morgan fingerprint density at radius 2 is 1.68 bits per heavy atom. The molecule has 6 nitrogen and oxygen atoms in total. The number of rotatable bonds is 6. The van der Waals surface area contributed by atoms with Gasteiger partial charge in [-0.25, -0.2) is 8.42 Å². The highest BCUT2D eigenvalue weighted by Crippen LogP contribution is 2.28. The van der Waals surface area contributed by atoms with Crippen LogP contribution in [-0.2, 0) is 16.6 Å². The van der Waals surface area contributed by atoms with E-state index < -0.39 is 10.0 Å². The van der Waals surface area contributed by atoms with Gasteiger partial charge in [-0.1, -0.05) is 0 Å². The molecule has 1 heterocycles. The second-order valence-electron chi connectivity index (χ2n) is 4.81. The standard InChI is InChI=1S/C12H22N2O4S/c1-9-11(8-15)12(10(2)18-9)19(16,17)14(5)7-6-13(3)4/h15H,6-8H2,1-5H3. The third kappa shape index (κ3) is 3.36. The number of hydrogen-bond donors (Lipinski definition) is 1. The number of aryl methyl sites for hydroxylation is 2. The van der Waals surface area contributed by atoms with E-state index >= 15 is 0 Å². The largest absolute Gasteiger partial charge is 0.465 e. The van der Waals surface area contributed by atoms with Gasteiger partial charge in [-0.05, 0) is 27.9 Å². The van der Waals surface area contributed by atoms with E-state index in [0.29, 0.717) is 30.2 Å². The van der Waals surface area contributed by atoms with Crippen molar-refractivity contribution in [2.75, 3.05) is 34.2 Å². The fourth-order valence-corrected chi connectivity index (χ4v) is 3.41. The van der Waals surface area contributed by atoms with Crippen LogP contribution in [0.3, 0.4) is 0 Å². The first kappa shape index (κ1) is 16.2. The predicted molar refractivity (Wildman–Crippen MR) is 72.5 cm³/mol. The van der Waals surface area contributed by atoms with E-state index in [9.17, 15) is 13.5 Å². The molecular weight excluding hydrogens is 268 g/mol. The minimum absolute atomic E-state index is 0.0914. The molecule has 1 N–H and O–H groups in total. The zero-order valence-corrected chi connectivity index (χ0v) is 12.9. The highest BCUT2D eigenvalue weighted by Gasteiger charge is 2.29. The Balaban J connectivity index is 3.13. The summed E-state index contributed by atoms with van der Waals surface area (Å²) < 4.78 is 31.6. The molecule has 0 spiro atoms. The quantitative estimate of drug-likeness (QED) is 0.829. The van der Waals surface area contributed by atoms with Crippen LogP contribution in [0.4, 0.5) is 0 Å². The Morgan fingerprint density at radius 3 is 2.16 bits per heavy atom. The van der Waals surface area contributed by atoms with Gasteiger partial charge in [-0.2, -0.15) is 4.31 Å². The molecule has 0 amide bonds. The summed E-state index contributed by atoms with van der Waals surface area (Å²) >= 11 is 0. The summed E-state index contributed by atoms with van der Waals surface area (Å²) in [5.74, 6) is 0.762. The van der Waals surface area contributed by atoms with E-state index in [4.69, 9.17) is 4.42 Å². The second kappa shape index (κ2) is 6.04. The smallest absolute Gasteiger partial charge is 0.246 e. The first-order chi connectivity index (χ1) is 8.71. The lowest BCUT2D eigenvalue weighted by Gasteiger charge is -2.19. The Kier molecular flexibility index (Phi) is 5.14. The number of nitrogens with zero attached hydrogens (tertiary/aromatic N) is 2. The van der Waals surface area contributed by atoms with Crippen molar-refractivity contribution in [1.82, 2.24) is 9.21 Å². The molecule has 0 bridgehead atoms. The van der Waals surface area contributed by atoms with Gasteiger partial charge in [0.2, 0.25) is 10.0 Å². The molecule has 7 heteroatoms. The first-order valence-corrected chi connectivity index (χ1v) is 7.46. The van der Waals surface area contributed by atoms with Crippen molar-refractivity contribution >= 4 is 10.0 Å². The minimum atomic E-state index is -3.63. The van der Waals surface area contributed by atoms with Crippen molar-refractivity contribution in [1.29, 1.82) is 0 Å². The summed E-state index contributed by atoms with van der Waals surface area (Å²) in [4.78, 5) is 2.00. The molecule has 110 valence electrons. The number of aliphatic hydroxyl groups is 1. The van der Waals surface area contributed by atoms with Crippen LogP contribution in [0.1, 0.15) is 17.1 Å². The van der Waals surface area contributed by atoms with Crippen LogP contribution in [-0.4, -0.2) is 57.0 Å². The van der Waals surface area contributed by atoms with Crippen LogP contribution in [0, 0.1) is 13.8 Å². The van der Waals surface area contributed by atoms with Crippen LogP contribution in [0.25, 0.3) is 0 Å². The zero-order chi connectivity index (χ0) is 14.8. The first-order valence-electron chi connectivity index (χ1n) is 6.02. The van der Waals surface area contributed by atoms with Gasteiger partial charge >= 0.3 is 0 Å². The van der Waals surface area contributed by atoms with E-state index in [1.807, 2.05) is 19.0 Å². The maximum absolute atomic E-state index is 12.5. The van der Waals surface area contributed by atoms with E-state index in [0.717, 1.165) is 0 Å². The van der Waals surface area contributed by atoms with E-state index in [1.54, 1.807) is 13.8 Å². The van der Waals surface area contributed by atoms with E-state index in [1.165, 1.54) is 11.4 Å². The summed E-state index contributed by atoms with van der Waals surface area (Å²) in [6, 6.07) is 0. The number of aliphatic hydroxyl groups excluding tert-OH is 1. The van der Waals surface area contributed by atoms with Gasteiger partial charge in [0.25, 0.3) is 0 Å². The second-order valence-corrected chi connectivity index (χ2v) is 6.79. The summed E-state index contributed by atoms with van der Waals surface area (Å²) in [6.45, 7) is 3.90. The lowest BCUT2D eigenvalue weighted by Crippen LogP contribution is -2.34. The Bertz CT molecular complexity index is 534. The summed E-state index contributed by atoms with van der Waals surface area (Å²) in [6.07, 6.45) is 0. The molecule has 0 saturated carbocycles. The monoisotopic (exact) mass is 290 g/mol. The van der Waals surface area contributed by atoms with Crippen LogP contribution in [0.5, 0.6) is 0 Å². The Labute approximate surface area is 114 Å². The highest BCUT2D eigenvalue weighted by molar-refractivity contribution is 7.89. The Morgan fingerprint density at radius 1 is 1.11 bits per heavy atom. The van der Waals surface area contributed by atoms with Gasteiger partial charge in [0.1, 0.15) is 16.4 Å². The van der Waals surface area contributed by atoms with Crippen LogP contribution in [0.2, 0.25) is 0 Å². The molecule has 0 fully saturated rings.